The Morgan fingerprint density at radius 2 is 1.70 bits per heavy atom. The number of aromatic nitrogens is 1. The second-order valence-electron chi connectivity index (χ2n) is 6.70. The standard InChI is InChI=1S/C22H20Cl3N3OS/c1-14-7-17(15(2)28(14)21-9-19(24)8-20(25)10-21)11-26-27-22(29)13-30-12-16-3-5-18(23)6-4-16/h3-11H,12-13H2,1-2H3,(H,27,29)/b26-11+. The van der Waals surface area contributed by atoms with Crippen molar-refractivity contribution in [2.24, 2.45) is 5.10 Å². The minimum atomic E-state index is -0.152. The number of aryl methyl sites for hydroxylation is 1. The van der Waals surface area contributed by atoms with Gasteiger partial charge in [-0.05, 0) is 55.8 Å². The Kier molecular flexibility index (Phi) is 7.89. The third-order valence-electron chi connectivity index (χ3n) is 4.38. The minimum Gasteiger partial charge on any atom is -0.318 e. The van der Waals surface area contributed by atoms with Gasteiger partial charge in [0.05, 0.1) is 12.0 Å². The fourth-order valence-corrected chi connectivity index (χ4v) is 4.45. The number of hydrogen-bond donors (Lipinski definition) is 1. The van der Waals surface area contributed by atoms with E-state index in [0.717, 1.165) is 34.0 Å². The van der Waals surface area contributed by atoms with Gasteiger partial charge < -0.3 is 4.57 Å². The van der Waals surface area contributed by atoms with Crippen molar-refractivity contribution in [1.29, 1.82) is 0 Å². The second-order valence-corrected chi connectivity index (χ2v) is 9.00. The first-order chi connectivity index (χ1) is 14.3. The molecule has 2 aromatic carbocycles. The molecule has 0 aliphatic carbocycles. The average molecular weight is 481 g/mol. The van der Waals surface area contributed by atoms with Crippen LogP contribution >= 0.6 is 46.6 Å². The van der Waals surface area contributed by atoms with Gasteiger partial charge in [-0.2, -0.15) is 5.10 Å². The molecule has 4 nitrogen and oxygen atoms in total. The monoisotopic (exact) mass is 479 g/mol. The van der Waals surface area contributed by atoms with Crippen molar-refractivity contribution >= 4 is 58.7 Å². The predicted octanol–water partition coefficient (Wildman–Crippen LogP) is 6.44. The molecule has 3 aromatic rings. The lowest BCUT2D eigenvalue weighted by Crippen LogP contribution is -2.19. The Morgan fingerprint density at radius 3 is 2.37 bits per heavy atom. The normalized spacial score (nSPS) is 11.2. The summed E-state index contributed by atoms with van der Waals surface area (Å²) in [6.45, 7) is 3.97. The number of hydrogen-bond acceptors (Lipinski definition) is 3. The molecule has 0 bridgehead atoms. The highest BCUT2D eigenvalue weighted by molar-refractivity contribution is 7.99. The maximum absolute atomic E-state index is 12.0. The molecule has 1 aromatic heterocycles. The first kappa shape index (κ1) is 22.8. The predicted molar refractivity (Wildman–Crippen MR) is 129 cm³/mol. The van der Waals surface area contributed by atoms with Crippen molar-refractivity contribution in [3.05, 3.63) is 86.1 Å². The highest BCUT2D eigenvalue weighted by Gasteiger charge is 2.11. The topological polar surface area (TPSA) is 46.4 Å². The lowest BCUT2D eigenvalue weighted by molar-refractivity contribution is -0.118. The summed E-state index contributed by atoms with van der Waals surface area (Å²) in [6.07, 6.45) is 1.65. The van der Waals surface area contributed by atoms with Gasteiger partial charge in [0.15, 0.2) is 0 Å². The van der Waals surface area contributed by atoms with Crippen LogP contribution in [0, 0.1) is 13.8 Å². The van der Waals surface area contributed by atoms with E-state index in [1.807, 2.05) is 60.9 Å². The van der Waals surface area contributed by atoms with Crippen LogP contribution in [0.3, 0.4) is 0 Å². The number of nitrogens with one attached hydrogen (secondary N) is 1. The zero-order valence-corrected chi connectivity index (χ0v) is 19.5. The number of rotatable bonds is 7. The van der Waals surface area contributed by atoms with Crippen LogP contribution in [0.5, 0.6) is 0 Å². The molecule has 0 fully saturated rings. The Hall–Kier alpha value is -1.92. The number of carbonyl (C=O) groups is 1. The second kappa shape index (κ2) is 10.4. The Morgan fingerprint density at radius 1 is 1.03 bits per heavy atom. The number of carbonyl (C=O) groups excluding carboxylic acids is 1. The fraction of sp³-hybridized carbons (Fsp3) is 0.182. The minimum absolute atomic E-state index is 0.152. The molecule has 0 spiro atoms. The number of amides is 1. The van der Waals surface area contributed by atoms with Crippen LogP contribution in [0.4, 0.5) is 0 Å². The maximum Gasteiger partial charge on any atom is 0.250 e. The van der Waals surface area contributed by atoms with Gasteiger partial charge in [-0.15, -0.1) is 11.8 Å². The highest BCUT2D eigenvalue weighted by atomic mass is 35.5. The van der Waals surface area contributed by atoms with E-state index in [1.165, 1.54) is 11.8 Å². The van der Waals surface area contributed by atoms with Gasteiger partial charge in [-0.1, -0.05) is 46.9 Å². The van der Waals surface area contributed by atoms with Crippen LogP contribution in [0.2, 0.25) is 15.1 Å². The van der Waals surface area contributed by atoms with Gasteiger partial charge in [-0.25, -0.2) is 5.43 Å². The number of benzene rings is 2. The van der Waals surface area contributed by atoms with Gasteiger partial charge in [0.2, 0.25) is 5.91 Å². The molecular formula is C22H20Cl3N3OS. The van der Waals surface area contributed by atoms with Crippen LogP contribution in [-0.2, 0) is 10.5 Å². The molecule has 0 aliphatic heterocycles. The van der Waals surface area contributed by atoms with Crippen LogP contribution in [0.1, 0.15) is 22.5 Å². The summed E-state index contributed by atoms with van der Waals surface area (Å²) in [7, 11) is 0. The van der Waals surface area contributed by atoms with Crippen molar-refractivity contribution in [2.75, 3.05) is 5.75 Å². The Bertz CT molecular complexity index is 1060. The lowest BCUT2D eigenvalue weighted by atomic mass is 10.2. The van der Waals surface area contributed by atoms with Gasteiger partial charge in [0.1, 0.15) is 0 Å². The smallest absolute Gasteiger partial charge is 0.250 e. The lowest BCUT2D eigenvalue weighted by Gasteiger charge is -2.10. The van der Waals surface area contributed by atoms with Crippen LogP contribution in [0.15, 0.2) is 53.6 Å². The van der Waals surface area contributed by atoms with E-state index in [0.29, 0.717) is 20.8 Å². The summed E-state index contributed by atoms with van der Waals surface area (Å²) < 4.78 is 2.04. The average Bonchev–Trinajstić information content (AvgIpc) is 2.96. The SMILES string of the molecule is Cc1cc(/C=N/NC(=O)CSCc2ccc(Cl)cc2)c(C)n1-c1cc(Cl)cc(Cl)c1. The molecule has 0 unspecified atom stereocenters. The van der Waals surface area contributed by atoms with Crippen molar-refractivity contribution in [3.8, 4) is 5.69 Å². The van der Waals surface area contributed by atoms with E-state index in [1.54, 1.807) is 12.3 Å². The largest absolute Gasteiger partial charge is 0.318 e. The van der Waals surface area contributed by atoms with Crippen molar-refractivity contribution in [1.82, 2.24) is 9.99 Å². The molecule has 0 radical (unpaired) electrons. The molecule has 3 rings (SSSR count). The molecule has 0 saturated heterocycles. The molecule has 1 N–H and O–H groups in total. The van der Waals surface area contributed by atoms with Crippen molar-refractivity contribution in [3.63, 3.8) is 0 Å². The summed E-state index contributed by atoms with van der Waals surface area (Å²) >= 11 is 19.7. The van der Waals surface area contributed by atoms with Gasteiger partial charge >= 0.3 is 0 Å². The molecule has 1 amide bonds. The molecular weight excluding hydrogens is 461 g/mol. The van der Waals surface area contributed by atoms with E-state index >= 15 is 0 Å². The summed E-state index contributed by atoms with van der Waals surface area (Å²) in [5, 5.41) is 5.95. The van der Waals surface area contributed by atoms with Gasteiger partial charge in [0.25, 0.3) is 0 Å². The first-order valence-electron chi connectivity index (χ1n) is 9.13. The summed E-state index contributed by atoms with van der Waals surface area (Å²) in [4.78, 5) is 12.0. The fourth-order valence-electron chi connectivity index (χ4n) is 3.03. The molecule has 8 heteroatoms. The molecule has 30 heavy (non-hydrogen) atoms. The molecule has 0 aliphatic rings. The van der Waals surface area contributed by atoms with E-state index in [-0.39, 0.29) is 5.91 Å². The Labute approximate surface area is 195 Å². The maximum atomic E-state index is 12.0. The quantitative estimate of drug-likeness (QED) is 0.312. The highest BCUT2D eigenvalue weighted by Crippen LogP contribution is 2.26. The van der Waals surface area contributed by atoms with Gasteiger partial charge in [0, 0.05) is 43.5 Å². The van der Waals surface area contributed by atoms with Gasteiger partial charge in [-0.3, -0.25) is 4.79 Å². The zero-order valence-electron chi connectivity index (χ0n) is 16.5. The third-order valence-corrected chi connectivity index (χ3v) is 6.08. The van der Waals surface area contributed by atoms with Crippen molar-refractivity contribution < 1.29 is 4.79 Å². The van der Waals surface area contributed by atoms with E-state index in [2.05, 4.69) is 10.5 Å². The van der Waals surface area contributed by atoms with Crippen LogP contribution in [0.25, 0.3) is 5.69 Å². The molecule has 0 saturated carbocycles. The number of halogens is 3. The van der Waals surface area contributed by atoms with E-state index in [9.17, 15) is 4.79 Å². The molecule has 1 heterocycles. The first-order valence-corrected chi connectivity index (χ1v) is 11.4. The molecule has 0 atom stereocenters. The summed E-state index contributed by atoms with van der Waals surface area (Å²) in [5.74, 6) is 0.901. The number of hydrazone groups is 1. The summed E-state index contributed by atoms with van der Waals surface area (Å²) in [6, 6.07) is 15.0. The number of thioether (sulfide) groups is 1. The van der Waals surface area contributed by atoms with Crippen LogP contribution < -0.4 is 5.43 Å². The molecule has 156 valence electrons. The van der Waals surface area contributed by atoms with E-state index in [4.69, 9.17) is 34.8 Å². The summed E-state index contributed by atoms with van der Waals surface area (Å²) in [5.41, 5.74) is 7.46. The Balaban J connectivity index is 1.58. The third kappa shape index (κ3) is 6.05. The van der Waals surface area contributed by atoms with Crippen molar-refractivity contribution in [2.45, 2.75) is 19.6 Å². The van der Waals surface area contributed by atoms with Crippen LogP contribution in [-0.4, -0.2) is 22.4 Å². The van der Waals surface area contributed by atoms with E-state index < -0.39 is 0 Å². The number of nitrogens with zero attached hydrogens (tertiary/aromatic N) is 2. The zero-order chi connectivity index (χ0) is 21.7.